The zero-order valence-electron chi connectivity index (χ0n) is 8.66. The molecule has 3 fully saturated rings. The summed E-state index contributed by atoms with van der Waals surface area (Å²) in [7, 11) is 0. The Bertz CT molecular complexity index is 245. The van der Waals surface area contributed by atoms with Crippen LogP contribution in [0.25, 0.3) is 0 Å². The molecule has 3 rings (SSSR count). The number of hydrogen-bond donors (Lipinski definition) is 3. The summed E-state index contributed by atoms with van der Waals surface area (Å²) in [6, 6.07) is 0.565. The molecule has 15 heavy (non-hydrogen) atoms. The Balaban J connectivity index is 0.000000853. The molecule has 3 aliphatic rings. The van der Waals surface area contributed by atoms with Gasteiger partial charge in [0.25, 0.3) is 0 Å². The Hall–Kier alpha value is -0.320. The van der Waals surface area contributed by atoms with Crippen molar-refractivity contribution in [3.63, 3.8) is 0 Å². The van der Waals surface area contributed by atoms with Crippen molar-refractivity contribution in [1.29, 1.82) is 0 Å². The smallest absolute Gasteiger partial charge is 0.237 e. The van der Waals surface area contributed by atoms with Gasteiger partial charge in [0.15, 0.2) is 0 Å². The highest BCUT2D eigenvalue weighted by atomic mass is 35.5. The molecular formula is C10H18ClN3O. The number of amides is 1. The molecule has 0 bridgehead atoms. The second-order valence-corrected chi connectivity index (χ2v) is 4.67. The summed E-state index contributed by atoms with van der Waals surface area (Å²) < 4.78 is 0. The van der Waals surface area contributed by atoms with E-state index in [0.717, 1.165) is 44.3 Å². The number of piperidine rings is 1. The maximum absolute atomic E-state index is 11.7. The molecule has 0 aromatic carbocycles. The van der Waals surface area contributed by atoms with Gasteiger partial charge in [-0.05, 0) is 31.2 Å². The van der Waals surface area contributed by atoms with Crippen molar-refractivity contribution in [2.75, 3.05) is 19.6 Å². The van der Waals surface area contributed by atoms with Crippen LogP contribution in [0.15, 0.2) is 0 Å². The van der Waals surface area contributed by atoms with Crippen molar-refractivity contribution in [2.24, 2.45) is 11.8 Å². The third-order valence-corrected chi connectivity index (χ3v) is 3.78. The monoisotopic (exact) mass is 231 g/mol. The van der Waals surface area contributed by atoms with Crippen LogP contribution in [0.1, 0.15) is 12.8 Å². The first-order valence-corrected chi connectivity index (χ1v) is 5.61. The minimum Gasteiger partial charge on any atom is -0.351 e. The van der Waals surface area contributed by atoms with Gasteiger partial charge in [0.1, 0.15) is 0 Å². The summed E-state index contributed by atoms with van der Waals surface area (Å²) in [5.41, 5.74) is 0. The van der Waals surface area contributed by atoms with Gasteiger partial charge in [-0.15, -0.1) is 12.4 Å². The van der Waals surface area contributed by atoms with E-state index >= 15 is 0 Å². The van der Waals surface area contributed by atoms with Crippen LogP contribution in [-0.2, 0) is 4.79 Å². The lowest BCUT2D eigenvalue weighted by atomic mass is 10.2. The lowest BCUT2D eigenvalue weighted by Gasteiger charge is -2.12. The average molecular weight is 232 g/mol. The molecule has 0 radical (unpaired) electrons. The average Bonchev–Trinajstić information content (AvgIpc) is 2.75. The van der Waals surface area contributed by atoms with Crippen LogP contribution >= 0.6 is 12.4 Å². The SMILES string of the molecule is Cl.O=C(NC1C2CNCC21)[C@@H]1CCCN1. The van der Waals surface area contributed by atoms with Gasteiger partial charge in [-0.1, -0.05) is 0 Å². The number of nitrogens with one attached hydrogen (secondary N) is 3. The minimum absolute atomic E-state index is 0. The van der Waals surface area contributed by atoms with Gasteiger partial charge in [-0.3, -0.25) is 4.79 Å². The molecular weight excluding hydrogens is 214 g/mol. The fraction of sp³-hybridized carbons (Fsp3) is 0.900. The normalized spacial score (nSPS) is 41.9. The highest BCUT2D eigenvalue weighted by molar-refractivity contribution is 5.85. The molecule has 2 aliphatic heterocycles. The maximum Gasteiger partial charge on any atom is 0.237 e. The molecule has 0 aromatic rings. The second kappa shape index (κ2) is 4.28. The van der Waals surface area contributed by atoms with E-state index in [0.29, 0.717) is 6.04 Å². The van der Waals surface area contributed by atoms with E-state index in [9.17, 15) is 4.79 Å². The molecule has 1 amide bonds. The van der Waals surface area contributed by atoms with Crippen LogP contribution in [0.3, 0.4) is 0 Å². The highest BCUT2D eigenvalue weighted by Gasteiger charge is 2.53. The van der Waals surface area contributed by atoms with Gasteiger partial charge in [0.05, 0.1) is 6.04 Å². The molecule has 3 atom stereocenters. The summed E-state index contributed by atoms with van der Waals surface area (Å²) in [6.45, 7) is 3.18. The topological polar surface area (TPSA) is 53.2 Å². The maximum atomic E-state index is 11.7. The van der Waals surface area contributed by atoms with Crippen LogP contribution in [0.2, 0.25) is 0 Å². The Morgan fingerprint density at radius 1 is 1.27 bits per heavy atom. The predicted molar refractivity (Wildman–Crippen MR) is 60.1 cm³/mol. The summed E-state index contributed by atoms with van der Waals surface area (Å²) in [5, 5.41) is 9.71. The van der Waals surface area contributed by atoms with Crippen molar-refractivity contribution in [3.8, 4) is 0 Å². The quantitative estimate of drug-likeness (QED) is 0.601. The molecule has 1 aliphatic carbocycles. The van der Waals surface area contributed by atoms with Gasteiger partial charge < -0.3 is 16.0 Å². The number of carbonyl (C=O) groups is 1. The largest absolute Gasteiger partial charge is 0.351 e. The van der Waals surface area contributed by atoms with Crippen molar-refractivity contribution < 1.29 is 4.79 Å². The molecule has 0 aromatic heterocycles. The van der Waals surface area contributed by atoms with Gasteiger partial charge in [0, 0.05) is 19.1 Å². The summed E-state index contributed by atoms with van der Waals surface area (Å²) in [5.74, 6) is 1.67. The van der Waals surface area contributed by atoms with Crippen LogP contribution in [0, 0.1) is 11.8 Å². The molecule has 2 unspecified atom stereocenters. The van der Waals surface area contributed by atoms with E-state index in [4.69, 9.17) is 0 Å². The lowest BCUT2D eigenvalue weighted by Crippen LogP contribution is -2.43. The second-order valence-electron chi connectivity index (χ2n) is 4.67. The molecule has 1 saturated carbocycles. The summed E-state index contributed by atoms with van der Waals surface area (Å²) in [6.07, 6.45) is 2.14. The third-order valence-electron chi connectivity index (χ3n) is 3.78. The zero-order chi connectivity index (χ0) is 9.54. The van der Waals surface area contributed by atoms with Gasteiger partial charge >= 0.3 is 0 Å². The van der Waals surface area contributed by atoms with E-state index < -0.39 is 0 Å². The van der Waals surface area contributed by atoms with Crippen molar-refractivity contribution >= 4 is 18.3 Å². The Kier molecular flexibility index (Phi) is 3.19. The Labute approximate surface area is 96.0 Å². The first kappa shape index (κ1) is 11.2. The first-order valence-electron chi connectivity index (χ1n) is 5.61. The highest BCUT2D eigenvalue weighted by Crippen LogP contribution is 2.41. The zero-order valence-corrected chi connectivity index (χ0v) is 9.48. The van der Waals surface area contributed by atoms with Crippen LogP contribution in [0.5, 0.6) is 0 Å². The van der Waals surface area contributed by atoms with E-state index in [1.54, 1.807) is 0 Å². The molecule has 3 N–H and O–H groups in total. The fourth-order valence-corrected chi connectivity index (χ4v) is 2.81. The summed E-state index contributed by atoms with van der Waals surface area (Å²) in [4.78, 5) is 11.7. The number of fused-ring (bicyclic) bond motifs is 1. The Morgan fingerprint density at radius 2 is 2.00 bits per heavy atom. The fourth-order valence-electron chi connectivity index (χ4n) is 2.81. The van der Waals surface area contributed by atoms with Gasteiger partial charge in [0.2, 0.25) is 5.91 Å². The first-order chi connectivity index (χ1) is 6.86. The lowest BCUT2D eigenvalue weighted by molar-refractivity contribution is -0.123. The van der Waals surface area contributed by atoms with Crippen LogP contribution < -0.4 is 16.0 Å². The molecule has 86 valence electrons. The predicted octanol–water partition coefficient (Wildman–Crippen LogP) is -0.506. The molecule has 0 spiro atoms. The standard InChI is InChI=1S/C10H17N3O.ClH/c14-10(8-2-1-3-12-8)13-9-6-4-11-5-7(6)9;/h6-9,11-12H,1-5H2,(H,13,14);1H/t6?,7?,8-,9?;/m0./s1. The number of hydrogen-bond acceptors (Lipinski definition) is 3. The number of halogens is 1. The number of carbonyl (C=O) groups excluding carboxylic acids is 1. The Morgan fingerprint density at radius 3 is 2.60 bits per heavy atom. The van der Waals surface area contributed by atoms with E-state index in [1.165, 1.54) is 0 Å². The van der Waals surface area contributed by atoms with Crippen LogP contribution in [-0.4, -0.2) is 37.6 Å². The van der Waals surface area contributed by atoms with E-state index in [-0.39, 0.29) is 24.4 Å². The van der Waals surface area contributed by atoms with Gasteiger partial charge in [-0.2, -0.15) is 0 Å². The van der Waals surface area contributed by atoms with E-state index in [2.05, 4.69) is 16.0 Å². The number of rotatable bonds is 2. The van der Waals surface area contributed by atoms with Crippen LogP contribution in [0.4, 0.5) is 0 Å². The van der Waals surface area contributed by atoms with Gasteiger partial charge in [-0.25, -0.2) is 0 Å². The molecule has 4 nitrogen and oxygen atoms in total. The van der Waals surface area contributed by atoms with Crippen molar-refractivity contribution in [2.45, 2.75) is 24.9 Å². The minimum atomic E-state index is 0. The molecule has 2 heterocycles. The van der Waals surface area contributed by atoms with Crippen molar-refractivity contribution in [1.82, 2.24) is 16.0 Å². The third kappa shape index (κ3) is 1.98. The molecule has 5 heteroatoms. The molecule has 2 saturated heterocycles. The summed E-state index contributed by atoms with van der Waals surface area (Å²) >= 11 is 0. The van der Waals surface area contributed by atoms with Crippen molar-refractivity contribution in [3.05, 3.63) is 0 Å². The van der Waals surface area contributed by atoms with E-state index in [1.807, 2.05) is 0 Å².